The van der Waals surface area contributed by atoms with Gasteiger partial charge in [-0.25, -0.2) is 8.78 Å². The van der Waals surface area contributed by atoms with E-state index >= 15 is 0 Å². The van der Waals surface area contributed by atoms with Gasteiger partial charge >= 0.3 is 0 Å². The molecule has 0 heterocycles. The molecule has 1 aliphatic rings. The van der Waals surface area contributed by atoms with Crippen LogP contribution in [0.25, 0.3) is 0 Å². The monoisotopic (exact) mass is 283 g/mol. The van der Waals surface area contributed by atoms with Gasteiger partial charge in [0.05, 0.1) is 12.5 Å². The van der Waals surface area contributed by atoms with Crippen LogP contribution in [0.4, 0.5) is 8.78 Å². The lowest BCUT2D eigenvalue weighted by Crippen LogP contribution is -2.47. The molecule has 0 bridgehead atoms. The summed E-state index contributed by atoms with van der Waals surface area (Å²) < 4.78 is 26.5. The van der Waals surface area contributed by atoms with Crippen LogP contribution in [0.15, 0.2) is 18.2 Å². The fraction of sp³-hybridized carbons (Fsp3) is 0.533. The van der Waals surface area contributed by atoms with Crippen LogP contribution in [-0.2, 0) is 11.2 Å². The molecule has 1 fully saturated rings. The third-order valence-corrected chi connectivity index (χ3v) is 3.89. The van der Waals surface area contributed by atoms with Gasteiger partial charge in [0, 0.05) is 11.6 Å². The van der Waals surface area contributed by atoms with Crippen LogP contribution in [-0.4, -0.2) is 23.2 Å². The Balaban J connectivity index is 1.93. The summed E-state index contributed by atoms with van der Waals surface area (Å²) in [6, 6.07) is 3.82. The fourth-order valence-corrected chi connectivity index (χ4v) is 2.63. The maximum absolute atomic E-state index is 13.5. The van der Waals surface area contributed by atoms with E-state index in [1.165, 1.54) is 12.1 Å². The Morgan fingerprint density at radius 2 is 2.15 bits per heavy atom. The molecule has 20 heavy (non-hydrogen) atoms. The first-order chi connectivity index (χ1) is 9.51. The molecule has 1 amide bonds. The Morgan fingerprint density at radius 1 is 1.45 bits per heavy atom. The molecule has 1 saturated carbocycles. The van der Waals surface area contributed by atoms with Crippen LogP contribution in [0.3, 0.4) is 0 Å². The molecule has 110 valence electrons. The molecule has 2 N–H and O–H groups in total. The highest BCUT2D eigenvalue weighted by atomic mass is 19.2. The van der Waals surface area contributed by atoms with Crippen LogP contribution in [0.1, 0.15) is 31.7 Å². The van der Waals surface area contributed by atoms with Gasteiger partial charge in [-0.2, -0.15) is 0 Å². The zero-order valence-electron chi connectivity index (χ0n) is 11.4. The molecule has 0 radical (unpaired) electrons. The molecule has 0 spiro atoms. The maximum atomic E-state index is 13.5. The standard InChI is InChI=1S/C15H19F2NO2/c1-2-13(10-6-11(19)7-10)18-14(20)8-9-4-3-5-12(16)15(9)17/h3-5,10-11,13,19H,2,6-8H2,1H3,(H,18,20). The second-order valence-electron chi connectivity index (χ2n) is 5.36. The lowest BCUT2D eigenvalue weighted by molar-refractivity contribution is -0.122. The number of hydrogen-bond donors (Lipinski definition) is 2. The van der Waals surface area contributed by atoms with Gasteiger partial charge in [0.1, 0.15) is 0 Å². The SMILES string of the molecule is CCC(NC(=O)Cc1cccc(F)c1F)C1CC(O)C1. The van der Waals surface area contributed by atoms with Crippen molar-refractivity contribution in [1.29, 1.82) is 0 Å². The second-order valence-corrected chi connectivity index (χ2v) is 5.36. The van der Waals surface area contributed by atoms with E-state index in [-0.39, 0.29) is 36.0 Å². The van der Waals surface area contributed by atoms with Crippen LogP contribution in [0.2, 0.25) is 0 Å². The Bertz CT molecular complexity index is 487. The molecule has 1 aliphatic carbocycles. The van der Waals surface area contributed by atoms with Crippen molar-refractivity contribution in [2.75, 3.05) is 0 Å². The Morgan fingerprint density at radius 3 is 2.75 bits per heavy atom. The van der Waals surface area contributed by atoms with E-state index in [9.17, 15) is 18.7 Å². The average molecular weight is 283 g/mol. The average Bonchev–Trinajstić information content (AvgIpc) is 2.38. The lowest BCUT2D eigenvalue weighted by atomic mass is 9.76. The quantitative estimate of drug-likeness (QED) is 0.870. The van der Waals surface area contributed by atoms with E-state index in [1.807, 2.05) is 6.92 Å². The van der Waals surface area contributed by atoms with Gasteiger partial charge in [-0.05, 0) is 31.2 Å². The van der Waals surface area contributed by atoms with Gasteiger partial charge in [-0.1, -0.05) is 19.1 Å². The molecule has 1 unspecified atom stereocenters. The number of benzene rings is 1. The summed E-state index contributed by atoms with van der Waals surface area (Å²) in [5.41, 5.74) is 0.0611. The highest BCUT2D eigenvalue weighted by molar-refractivity contribution is 5.79. The number of halogens is 2. The van der Waals surface area contributed by atoms with Crippen molar-refractivity contribution in [2.45, 2.75) is 44.8 Å². The highest BCUT2D eigenvalue weighted by Gasteiger charge is 2.33. The minimum Gasteiger partial charge on any atom is -0.393 e. The zero-order valence-corrected chi connectivity index (χ0v) is 11.4. The number of carbonyl (C=O) groups is 1. The van der Waals surface area contributed by atoms with Gasteiger partial charge < -0.3 is 10.4 Å². The highest BCUT2D eigenvalue weighted by Crippen LogP contribution is 2.31. The summed E-state index contributed by atoms with van der Waals surface area (Å²) in [6.07, 6.45) is 1.69. The minimum atomic E-state index is -0.963. The second kappa shape index (κ2) is 6.31. The van der Waals surface area contributed by atoms with E-state index in [0.717, 1.165) is 12.5 Å². The van der Waals surface area contributed by atoms with Crippen molar-refractivity contribution < 1.29 is 18.7 Å². The normalized spacial score (nSPS) is 23.0. The van der Waals surface area contributed by atoms with Gasteiger partial charge in [-0.3, -0.25) is 4.79 Å². The number of rotatable bonds is 5. The topological polar surface area (TPSA) is 49.3 Å². The van der Waals surface area contributed by atoms with Gasteiger partial charge in [0.25, 0.3) is 0 Å². The van der Waals surface area contributed by atoms with Gasteiger partial charge in [0.15, 0.2) is 11.6 Å². The first-order valence-electron chi connectivity index (χ1n) is 6.91. The predicted molar refractivity (Wildman–Crippen MR) is 71.0 cm³/mol. The van der Waals surface area contributed by atoms with E-state index in [0.29, 0.717) is 12.8 Å². The van der Waals surface area contributed by atoms with Crippen LogP contribution in [0, 0.1) is 17.6 Å². The van der Waals surface area contributed by atoms with Crippen LogP contribution >= 0.6 is 0 Å². The third kappa shape index (κ3) is 3.33. The smallest absolute Gasteiger partial charge is 0.224 e. The first kappa shape index (κ1) is 14.9. The zero-order chi connectivity index (χ0) is 14.7. The van der Waals surface area contributed by atoms with Crippen molar-refractivity contribution in [1.82, 2.24) is 5.32 Å². The minimum absolute atomic E-state index is 0.0116. The van der Waals surface area contributed by atoms with E-state index in [2.05, 4.69) is 5.32 Å². The number of amides is 1. The van der Waals surface area contributed by atoms with E-state index in [4.69, 9.17) is 0 Å². The fourth-order valence-electron chi connectivity index (χ4n) is 2.63. The molecule has 0 saturated heterocycles. The van der Waals surface area contributed by atoms with E-state index < -0.39 is 11.6 Å². The van der Waals surface area contributed by atoms with Crippen molar-refractivity contribution in [3.8, 4) is 0 Å². The van der Waals surface area contributed by atoms with Crippen molar-refractivity contribution in [2.24, 2.45) is 5.92 Å². The molecule has 3 nitrogen and oxygen atoms in total. The Labute approximate surface area is 117 Å². The number of nitrogens with one attached hydrogen (secondary N) is 1. The maximum Gasteiger partial charge on any atom is 0.224 e. The molecular weight excluding hydrogens is 264 g/mol. The summed E-state index contributed by atoms with van der Waals surface area (Å²) >= 11 is 0. The van der Waals surface area contributed by atoms with Crippen molar-refractivity contribution in [3.63, 3.8) is 0 Å². The molecule has 1 atom stereocenters. The van der Waals surface area contributed by atoms with Gasteiger partial charge in [0.2, 0.25) is 5.91 Å². The summed E-state index contributed by atoms with van der Waals surface area (Å²) in [6.45, 7) is 1.96. The van der Waals surface area contributed by atoms with Crippen LogP contribution < -0.4 is 5.32 Å². The number of aliphatic hydroxyl groups is 1. The Hall–Kier alpha value is -1.49. The number of carbonyl (C=O) groups excluding carboxylic acids is 1. The molecule has 0 aliphatic heterocycles. The summed E-state index contributed by atoms with van der Waals surface area (Å²) in [4.78, 5) is 11.9. The number of hydrogen-bond acceptors (Lipinski definition) is 2. The van der Waals surface area contributed by atoms with Crippen molar-refractivity contribution >= 4 is 5.91 Å². The molecule has 1 aromatic carbocycles. The van der Waals surface area contributed by atoms with Gasteiger partial charge in [-0.15, -0.1) is 0 Å². The van der Waals surface area contributed by atoms with Crippen molar-refractivity contribution in [3.05, 3.63) is 35.4 Å². The largest absolute Gasteiger partial charge is 0.393 e. The van der Waals surface area contributed by atoms with Crippen LogP contribution in [0.5, 0.6) is 0 Å². The van der Waals surface area contributed by atoms with E-state index in [1.54, 1.807) is 0 Å². The first-order valence-corrected chi connectivity index (χ1v) is 6.91. The third-order valence-electron chi connectivity index (χ3n) is 3.89. The molecular formula is C15H19F2NO2. The lowest BCUT2D eigenvalue weighted by Gasteiger charge is -2.37. The summed E-state index contributed by atoms with van der Waals surface area (Å²) in [7, 11) is 0. The summed E-state index contributed by atoms with van der Waals surface area (Å²) in [5, 5.41) is 12.1. The Kier molecular flexibility index (Phi) is 4.70. The number of aliphatic hydroxyl groups excluding tert-OH is 1. The summed E-state index contributed by atoms with van der Waals surface area (Å²) in [5.74, 6) is -1.95. The molecule has 0 aromatic heterocycles. The molecule has 2 rings (SSSR count). The molecule has 1 aromatic rings. The molecule has 5 heteroatoms. The predicted octanol–water partition coefficient (Wildman–Crippen LogP) is 2.17.